The average Bonchev–Trinajstić information content (AvgIpc) is 3.41. The quantitative estimate of drug-likeness (QED) is 0.723. The number of alkyl halides is 2. The van der Waals surface area contributed by atoms with Gasteiger partial charge in [0, 0.05) is 18.2 Å². The molecule has 3 heterocycles. The number of aliphatic imine (C=N–C) groups is 1. The van der Waals surface area contributed by atoms with Crippen molar-refractivity contribution < 1.29 is 13.6 Å². The first-order chi connectivity index (χ1) is 14.0. The molecule has 0 bridgehead atoms. The normalized spacial score (nSPS) is 19.5. The van der Waals surface area contributed by atoms with Crippen LogP contribution in [-0.4, -0.2) is 37.8 Å². The first-order valence-electron chi connectivity index (χ1n) is 9.26. The maximum atomic E-state index is 14.2. The minimum absolute atomic E-state index is 0.139. The molecule has 1 aliphatic carbocycles. The second-order valence-corrected chi connectivity index (χ2v) is 7.10. The van der Waals surface area contributed by atoms with Gasteiger partial charge in [0.1, 0.15) is 23.9 Å². The van der Waals surface area contributed by atoms with Crippen LogP contribution in [0.15, 0.2) is 47.7 Å². The molecule has 2 aliphatic rings. The molecule has 1 saturated carbocycles. The molecule has 0 radical (unpaired) electrons. The first-order valence-corrected chi connectivity index (χ1v) is 9.26. The Balaban J connectivity index is 1.48. The van der Waals surface area contributed by atoms with Crippen LogP contribution in [0.5, 0.6) is 0 Å². The van der Waals surface area contributed by atoms with Crippen molar-refractivity contribution in [3.05, 3.63) is 53.9 Å². The fourth-order valence-electron chi connectivity index (χ4n) is 3.89. The number of nitrogens with zero attached hydrogens (tertiary/aromatic N) is 5. The minimum Gasteiger partial charge on any atom is -0.340 e. The molecule has 1 N–H and O–H groups in total. The van der Waals surface area contributed by atoms with E-state index < -0.39 is 12.0 Å². The molecule has 1 aliphatic heterocycles. The zero-order valence-electron chi connectivity index (χ0n) is 15.2. The monoisotopic (exact) mass is 394 g/mol. The van der Waals surface area contributed by atoms with E-state index in [0.717, 1.165) is 5.56 Å². The average molecular weight is 394 g/mol. The topological polar surface area (TPSA) is 85.1 Å². The molecule has 146 valence electrons. The van der Waals surface area contributed by atoms with Crippen molar-refractivity contribution in [2.24, 2.45) is 4.99 Å². The molecule has 3 aromatic rings. The van der Waals surface area contributed by atoms with Gasteiger partial charge in [-0.2, -0.15) is 0 Å². The molecule has 1 amide bonds. The van der Waals surface area contributed by atoms with Crippen LogP contribution in [0.2, 0.25) is 0 Å². The van der Waals surface area contributed by atoms with E-state index in [0.29, 0.717) is 35.6 Å². The Labute approximate surface area is 164 Å². The summed E-state index contributed by atoms with van der Waals surface area (Å²) in [5, 5.41) is 11.0. The van der Waals surface area contributed by atoms with Crippen molar-refractivity contribution in [3.63, 3.8) is 0 Å². The number of halogens is 2. The fraction of sp³-hybridized carbons (Fsp3) is 0.250. The van der Waals surface area contributed by atoms with Crippen LogP contribution < -0.4 is 5.32 Å². The number of pyridine rings is 1. The molecule has 1 atom stereocenters. The predicted octanol–water partition coefficient (Wildman–Crippen LogP) is 4.02. The second-order valence-electron chi connectivity index (χ2n) is 7.10. The fourth-order valence-corrected chi connectivity index (χ4v) is 3.89. The Morgan fingerprint density at radius 2 is 2.03 bits per heavy atom. The summed E-state index contributed by atoms with van der Waals surface area (Å²) in [6, 6.07) is 9.59. The third-order valence-electron chi connectivity index (χ3n) is 5.26. The number of carbonyl (C=O) groups is 1. The number of nitrogens with one attached hydrogen (secondary N) is 1. The Hall–Kier alpha value is -3.49. The van der Waals surface area contributed by atoms with Gasteiger partial charge in [-0.25, -0.2) is 18.8 Å². The van der Waals surface area contributed by atoms with Crippen LogP contribution in [0.4, 0.5) is 20.3 Å². The standard InChI is InChI=1S/C20H16F2N6O/c21-20(22)9-3-7-15(20)28-11-24-27-18(28)14-6-2-8-16(26-14)25-13-5-1-4-12-10-23-19(29)17(12)13/h1-2,4-6,8,10-11,15H,3,7,9H2,(H,25,26)/t15-/m1/s1. The van der Waals surface area contributed by atoms with Gasteiger partial charge in [0.15, 0.2) is 5.82 Å². The van der Waals surface area contributed by atoms with Crippen LogP contribution in [-0.2, 0) is 0 Å². The number of anilines is 2. The predicted molar refractivity (Wildman–Crippen MR) is 103 cm³/mol. The SMILES string of the molecule is O=C1N=Cc2cccc(Nc3cccc(-c4nncn4[C@@H]4CCCC4(F)F)n3)c21. The summed E-state index contributed by atoms with van der Waals surface area (Å²) >= 11 is 0. The summed E-state index contributed by atoms with van der Waals surface area (Å²) in [4.78, 5) is 20.4. The van der Waals surface area contributed by atoms with E-state index in [-0.39, 0.29) is 18.2 Å². The van der Waals surface area contributed by atoms with E-state index in [4.69, 9.17) is 0 Å². The smallest absolute Gasteiger partial charge is 0.279 e. The molecule has 0 unspecified atom stereocenters. The highest BCUT2D eigenvalue weighted by atomic mass is 19.3. The molecule has 0 saturated heterocycles. The van der Waals surface area contributed by atoms with Crippen molar-refractivity contribution >= 4 is 23.6 Å². The molecule has 1 fully saturated rings. The van der Waals surface area contributed by atoms with Crippen LogP contribution in [0.25, 0.3) is 11.5 Å². The molecule has 7 nitrogen and oxygen atoms in total. The van der Waals surface area contributed by atoms with Gasteiger partial charge >= 0.3 is 0 Å². The third kappa shape index (κ3) is 2.98. The lowest BCUT2D eigenvalue weighted by atomic mass is 10.1. The zero-order chi connectivity index (χ0) is 20.0. The number of rotatable bonds is 4. The highest BCUT2D eigenvalue weighted by molar-refractivity contribution is 6.16. The molecule has 1 aromatic carbocycles. The van der Waals surface area contributed by atoms with Crippen LogP contribution in [0.3, 0.4) is 0 Å². The van der Waals surface area contributed by atoms with E-state index >= 15 is 0 Å². The molecule has 29 heavy (non-hydrogen) atoms. The highest BCUT2D eigenvalue weighted by Crippen LogP contribution is 2.44. The lowest BCUT2D eigenvalue weighted by Crippen LogP contribution is -2.25. The van der Waals surface area contributed by atoms with E-state index in [2.05, 4.69) is 25.5 Å². The van der Waals surface area contributed by atoms with E-state index in [9.17, 15) is 13.6 Å². The van der Waals surface area contributed by atoms with Crippen molar-refractivity contribution in [2.75, 3.05) is 5.32 Å². The lowest BCUT2D eigenvalue weighted by Gasteiger charge is -2.21. The lowest BCUT2D eigenvalue weighted by molar-refractivity contribution is -0.0302. The number of hydrogen-bond acceptors (Lipinski definition) is 5. The van der Waals surface area contributed by atoms with Crippen molar-refractivity contribution in [1.82, 2.24) is 19.7 Å². The van der Waals surface area contributed by atoms with Crippen molar-refractivity contribution in [1.29, 1.82) is 0 Å². The Bertz CT molecular complexity index is 1140. The van der Waals surface area contributed by atoms with Gasteiger partial charge in [0.05, 0.1) is 11.3 Å². The summed E-state index contributed by atoms with van der Waals surface area (Å²) in [6.45, 7) is 0. The number of benzene rings is 1. The van der Waals surface area contributed by atoms with Crippen LogP contribution >= 0.6 is 0 Å². The third-order valence-corrected chi connectivity index (χ3v) is 5.26. The Morgan fingerprint density at radius 3 is 2.86 bits per heavy atom. The summed E-state index contributed by atoms with van der Waals surface area (Å²) in [6.07, 6.45) is 3.55. The Kier molecular flexibility index (Phi) is 3.97. The largest absolute Gasteiger partial charge is 0.340 e. The highest BCUT2D eigenvalue weighted by Gasteiger charge is 2.46. The number of fused-ring (bicyclic) bond motifs is 1. The maximum absolute atomic E-state index is 14.2. The molecule has 5 rings (SSSR count). The summed E-state index contributed by atoms with van der Waals surface area (Å²) in [5.74, 6) is -2.36. The summed E-state index contributed by atoms with van der Waals surface area (Å²) in [7, 11) is 0. The summed E-state index contributed by atoms with van der Waals surface area (Å²) < 4.78 is 29.9. The number of hydrogen-bond donors (Lipinski definition) is 1. The van der Waals surface area contributed by atoms with Gasteiger partial charge in [-0.15, -0.1) is 10.2 Å². The van der Waals surface area contributed by atoms with E-state index in [1.54, 1.807) is 24.3 Å². The van der Waals surface area contributed by atoms with Crippen molar-refractivity contribution in [2.45, 2.75) is 31.2 Å². The molecular weight excluding hydrogens is 378 g/mol. The molecule has 0 spiro atoms. The van der Waals surface area contributed by atoms with Gasteiger partial charge in [-0.1, -0.05) is 18.2 Å². The number of carbonyl (C=O) groups excluding carboxylic acids is 1. The van der Waals surface area contributed by atoms with Gasteiger partial charge in [0.2, 0.25) is 0 Å². The van der Waals surface area contributed by atoms with Gasteiger partial charge in [0.25, 0.3) is 11.8 Å². The molecule has 2 aromatic heterocycles. The number of aromatic nitrogens is 4. The van der Waals surface area contributed by atoms with Gasteiger partial charge in [-0.05, 0) is 31.0 Å². The second kappa shape index (κ2) is 6.54. The van der Waals surface area contributed by atoms with Crippen molar-refractivity contribution in [3.8, 4) is 11.5 Å². The maximum Gasteiger partial charge on any atom is 0.279 e. The van der Waals surface area contributed by atoms with Crippen LogP contribution in [0, 0.1) is 0 Å². The Morgan fingerprint density at radius 1 is 1.17 bits per heavy atom. The number of amides is 1. The first kappa shape index (κ1) is 17.6. The van der Waals surface area contributed by atoms with E-state index in [1.165, 1.54) is 17.1 Å². The van der Waals surface area contributed by atoms with Gasteiger partial charge < -0.3 is 9.88 Å². The van der Waals surface area contributed by atoms with Crippen LogP contribution in [0.1, 0.15) is 41.2 Å². The molecule has 9 heteroatoms. The van der Waals surface area contributed by atoms with Gasteiger partial charge in [-0.3, -0.25) is 4.79 Å². The summed E-state index contributed by atoms with van der Waals surface area (Å²) in [5.41, 5.74) is 2.22. The van der Waals surface area contributed by atoms with E-state index in [1.807, 2.05) is 12.1 Å². The minimum atomic E-state index is -2.79. The zero-order valence-corrected chi connectivity index (χ0v) is 15.2. The molecular formula is C20H16F2N6O.